The van der Waals surface area contributed by atoms with Crippen LogP contribution in [-0.2, 0) is 4.74 Å². The van der Waals surface area contributed by atoms with Crippen LogP contribution in [0, 0.1) is 5.92 Å². The molecule has 1 saturated heterocycles. The van der Waals surface area contributed by atoms with Crippen molar-refractivity contribution in [1.29, 1.82) is 0 Å². The summed E-state index contributed by atoms with van der Waals surface area (Å²) in [6.45, 7) is 4.55. The molecule has 0 spiro atoms. The van der Waals surface area contributed by atoms with Crippen LogP contribution < -0.4 is 0 Å². The Balaban J connectivity index is 1.79. The van der Waals surface area contributed by atoms with Gasteiger partial charge in [-0.05, 0) is 56.6 Å². The minimum Gasteiger partial charge on any atom is -0.370 e. The molecule has 0 amide bonds. The summed E-state index contributed by atoms with van der Waals surface area (Å²) in [5.41, 5.74) is 1.36. The largest absolute Gasteiger partial charge is 0.370 e. The van der Waals surface area contributed by atoms with Gasteiger partial charge in [0.2, 0.25) is 0 Å². The maximum Gasteiger partial charge on any atom is 0.0838 e. The lowest BCUT2D eigenvalue weighted by molar-refractivity contribution is 0.0343. The second kappa shape index (κ2) is 5.19. The number of hydrogen-bond donors (Lipinski definition) is 0. The molecule has 0 unspecified atom stereocenters. The molecule has 1 aliphatic rings. The van der Waals surface area contributed by atoms with Crippen molar-refractivity contribution in [3.05, 3.63) is 60.2 Å². The van der Waals surface area contributed by atoms with Crippen molar-refractivity contribution in [2.24, 2.45) is 5.92 Å². The first-order valence-corrected chi connectivity index (χ1v) is 9.08. The van der Waals surface area contributed by atoms with Gasteiger partial charge in [0.05, 0.1) is 12.2 Å². The van der Waals surface area contributed by atoms with E-state index in [-0.39, 0.29) is 6.10 Å². The standard InChI is InChI=1S/C23H22O/c1-3-20-14(2)13-21(24-20)18-11-9-17-8-7-15-5-4-6-16-10-12-19(18)23(17)22(15)16/h4-12,14,20-21H,3,13H2,1-2H3/t14-,20-,21-/m1/s1. The summed E-state index contributed by atoms with van der Waals surface area (Å²) in [5, 5.41) is 8.15. The van der Waals surface area contributed by atoms with E-state index in [9.17, 15) is 0 Å². The van der Waals surface area contributed by atoms with E-state index in [0.29, 0.717) is 12.0 Å². The molecule has 1 fully saturated rings. The van der Waals surface area contributed by atoms with E-state index >= 15 is 0 Å². The van der Waals surface area contributed by atoms with Crippen LogP contribution in [0.2, 0.25) is 0 Å². The Morgan fingerprint density at radius 3 is 2.25 bits per heavy atom. The topological polar surface area (TPSA) is 9.23 Å². The lowest BCUT2D eigenvalue weighted by Gasteiger charge is -2.18. The maximum atomic E-state index is 6.40. The molecule has 0 radical (unpaired) electrons. The first-order valence-electron chi connectivity index (χ1n) is 9.08. The molecule has 5 rings (SSSR count). The van der Waals surface area contributed by atoms with E-state index in [1.54, 1.807) is 0 Å². The van der Waals surface area contributed by atoms with Crippen molar-refractivity contribution in [2.75, 3.05) is 0 Å². The Kier molecular flexibility index (Phi) is 3.08. The first-order chi connectivity index (χ1) is 11.8. The molecular weight excluding hydrogens is 292 g/mol. The number of rotatable bonds is 2. The quantitative estimate of drug-likeness (QED) is 0.386. The minimum absolute atomic E-state index is 0.231. The average molecular weight is 314 g/mol. The molecule has 120 valence electrons. The molecule has 24 heavy (non-hydrogen) atoms. The molecule has 1 heterocycles. The van der Waals surface area contributed by atoms with Crippen LogP contribution in [0.4, 0.5) is 0 Å². The van der Waals surface area contributed by atoms with Gasteiger partial charge < -0.3 is 4.74 Å². The Hall–Kier alpha value is -2.12. The summed E-state index contributed by atoms with van der Waals surface area (Å²) in [6, 6.07) is 20.2. The van der Waals surface area contributed by atoms with E-state index in [1.165, 1.54) is 37.9 Å². The molecule has 4 aromatic rings. The number of hydrogen-bond acceptors (Lipinski definition) is 1. The van der Waals surface area contributed by atoms with Crippen LogP contribution in [0.3, 0.4) is 0 Å². The van der Waals surface area contributed by atoms with Gasteiger partial charge in [0.1, 0.15) is 0 Å². The van der Waals surface area contributed by atoms with Gasteiger partial charge in [0.25, 0.3) is 0 Å². The van der Waals surface area contributed by atoms with E-state index in [4.69, 9.17) is 4.74 Å². The first kappa shape index (κ1) is 14.2. The Morgan fingerprint density at radius 2 is 1.54 bits per heavy atom. The molecule has 0 saturated carbocycles. The SMILES string of the molecule is CC[C@H]1O[C@@H](c2ccc3ccc4cccc5ccc2c3c45)C[C@H]1C. The maximum absolute atomic E-state index is 6.40. The molecule has 0 bridgehead atoms. The molecule has 3 atom stereocenters. The fraction of sp³-hybridized carbons (Fsp3) is 0.304. The van der Waals surface area contributed by atoms with Gasteiger partial charge in [-0.15, -0.1) is 0 Å². The van der Waals surface area contributed by atoms with Crippen molar-refractivity contribution in [1.82, 2.24) is 0 Å². The minimum atomic E-state index is 0.231. The number of ether oxygens (including phenoxy) is 1. The zero-order valence-electron chi connectivity index (χ0n) is 14.3. The van der Waals surface area contributed by atoms with Crippen molar-refractivity contribution in [2.45, 2.75) is 38.9 Å². The predicted octanol–water partition coefficient (Wildman–Crippen LogP) is 6.46. The molecular formula is C23H22O. The van der Waals surface area contributed by atoms with Gasteiger partial charge in [-0.3, -0.25) is 0 Å². The van der Waals surface area contributed by atoms with Gasteiger partial charge in [-0.2, -0.15) is 0 Å². The highest BCUT2D eigenvalue weighted by Crippen LogP contribution is 2.43. The lowest BCUT2D eigenvalue weighted by atomic mass is 9.89. The van der Waals surface area contributed by atoms with Crippen LogP contribution in [0.5, 0.6) is 0 Å². The highest BCUT2D eigenvalue weighted by atomic mass is 16.5. The normalized spacial score (nSPS) is 24.5. The van der Waals surface area contributed by atoms with Crippen LogP contribution in [-0.4, -0.2) is 6.10 Å². The van der Waals surface area contributed by atoms with E-state index in [2.05, 4.69) is 68.4 Å². The van der Waals surface area contributed by atoms with E-state index < -0.39 is 0 Å². The number of benzene rings is 4. The molecule has 1 aliphatic heterocycles. The van der Waals surface area contributed by atoms with Crippen molar-refractivity contribution in [3.8, 4) is 0 Å². The summed E-state index contributed by atoms with van der Waals surface area (Å²) in [5.74, 6) is 0.638. The molecule has 1 nitrogen and oxygen atoms in total. The van der Waals surface area contributed by atoms with E-state index in [1.807, 2.05) is 0 Å². The highest BCUT2D eigenvalue weighted by Gasteiger charge is 2.32. The van der Waals surface area contributed by atoms with Gasteiger partial charge in [0.15, 0.2) is 0 Å². The van der Waals surface area contributed by atoms with E-state index in [0.717, 1.165) is 12.8 Å². The summed E-state index contributed by atoms with van der Waals surface area (Å²) >= 11 is 0. The molecule has 4 aromatic carbocycles. The fourth-order valence-electron chi connectivity index (χ4n) is 4.63. The van der Waals surface area contributed by atoms with Crippen LogP contribution in [0.15, 0.2) is 54.6 Å². The summed E-state index contributed by atoms with van der Waals surface area (Å²) < 4.78 is 6.40. The fourth-order valence-corrected chi connectivity index (χ4v) is 4.63. The zero-order chi connectivity index (χ0) is 16.3. The molecule has 0 aliphatic carbocycles. The van der Waals surface area contributed by atoms with Crippen LogP contribution >= 0.6 is 0 Å². The lowest BCUT2D eigenvalue weighted by Crippen LogP contribution is -2.11. The third-order valence-electron chi connectivity index (χ3n) is 5.87. The van der Waals surface area contributed by atoms with Crippen molar-refractivity contribution in [3.63, 3.8) is 0 Å². The zero-order valence-corrected chi connectivity index (χ0v) is 14.3. The smallest absolute Gasteiger partial charge is 0.0838 e. The molecule has 0 N–H and O–H groups in total. The van der Waals surface area contributed by atoms with Crippen molar-refractivity contribution >= 4 is 32.3 Å². The summed E-state index contributed by atoms with van der Waals surface area (Å²) in [6.07, 6.45) is 2.86. The summed E-state index contributed by atoms with van der Waals surface area (Å²) in [4.78, 5) is 0. The van der Waals surface area contributed by atoms with Gasteiger partial charge in [-0.25, -0.2) is 0 Å². The van der Waals surface area contributed by atoms with Crippen LogP contribution in [0.25, 0.3) is 32.3 Å². The third kappa shape index (κ3) is 1.91. The van der Waals surface area contributed by atoms with Gasteiger partial charge in [0, 0.05) is 0 Å². The second-order valence-electron chi connectivity index (χ2n) is 7.30. The predicted molar refractivity (Wildman–Crippen MR) is 102 cm³/mol. The van der Waals surface area contributed by atoms with Crippen LogP contribution in [0.1, 0.15) is 38.4 Å². The Morgan fingerprint density at radius 1 is 0.875 bits per heavy atom. The Labute approximate surface area is 142 Å². The monoisotopic (exact) mass is 314 g/mol. The third-order valence-corrected chi connectivity index (χ3v) is 5.87. The van der Waals surface area contributed by atoms with Gasteiger partial charge in [-0.1, -0.05) is 68.4 Å². The second-order valence-corrected chi connectivity index (χ2v) is 7.30. The highest BCUT2D eigenvalue weighted by molar-refractivity contribution is 6.23. The summed E-state index contributed by atoms with van der Waals surface area (Å²) in [7, 11) is 0. The molecule has 0 aromatic heterocycles. The molecule has 1 heteroatoms. The van der Waals surface area contributed by atoms with Gasteiger partial charge >= 0.3 is 0 Å². The van der Waals surface area contributed by atoms with Crippen molar-refractivity contribution < 1.29 is 4.74 Å². The average Bonchev–Trinajstić information content (AvgIpc) is 3.00. The Bertz CT molecular complexity index is 1020.